The van der Waals surface area contributed by atoms with Gasteiger partial charge in [-0.2, -0.15) is 13.2 Å². The van der Waals surface area contributed by atoms with Crippen molar-refractivity contribution < 1.29 is 36.1 Å². The van der Waals surface area contributed by atoms with Crippen LogP contribution in [0.25, 0.3) is 0 Å². The SMILES string of the molecule is O=C(Cc1ccc([S@](=O)CC2CC2)cc1)Nc1ccc([C@](O)(C(F)F)C(F)(F)F)cc1. The summed E-state index contributed by atoms with van der Waals surface area (Å²) in [6, 6.07) is 10.1. The van der Waals surface area contributed by atoms with E-state index in [-0.39, 0.29) is 12.1 Å². The van der Waals surface area contributed by atoms with Gasteiger partial charge in [-0.3, -0.25) is 9.00 Å². The fourth-order valence-electron chi connectivity index (χ4n) is 2.97. The van der Waals surface area contributed by atoms with E-state index in [1.165, 1.54) is 0 Å². The van der Waals surface area contributed by atoms with Gasteiger partial charge in [0.05, 0.1) is 17.2 Å². The summed E-state index contributed by atoms with van der Waals surface area (Å²) in [5, 5.41) is 12.0. The molecule has 3 rings (SSSR count). The molecule has 1 aliphatic carbocycles. The first-order chi connectivity index (χ1) is 14.5. The molecule has 31 heavy (non-hydrogen) atoms. The normalized spacial score (nSPS) is 17.3. The predicted molar refractivity (Wildman–Crippen MR) is 105 cm³/mol. The third-order valence-electron chi connectivity index (χ3n) is 4.99. The van der Waals surface area contributed by atoms with Crippen LogP contribution in [0, 0.1) is 5.92 Å². The summed E-state index contributed by atoms with van der Waals surface area (Å²) >= 11 is 0. The van der Waals surface area contributed by atoms with Crippen molar-refractivity contribution in [2.75, 3.05) is 11.1 Å². The maximum absolute atomic E-state index is 12.9. The number of aliphatic hydroxyl groups is 1. The second kappa shape index (κ2) is 9.04. The van der Waals surface area contributed by atoms with Gasteiger partial charge in [-0.05, 0) is 54.2 Å². The Labute approximate surface area is 177 Å². The Balaban J connectivity index is 1.61. The summed E-state index contributed by atoms with van der Waals surface area (Å²) in [7, 11) is -1.08. The van der Waals surface area contributed by atoms with Crippen LogP contribution >= 0.6 is 0 Å². The fourth-order valence-corrected chi connectivity index (χ4v) is 4.36. The van der Waals surface area contributed by atoms with E-state index in [9.17, 15) is 36.1 Å². The molecule has 2 aromatic carbocycles. The van der Waals surface area contributed by atoms with Gasteiger partial charge in [-0.1, -0.05) is 24.3 Å². The molecule has 0 aromatic heterocycles. The Morgan fingerprint density at radius 3 is 2.13 bits per heavy atom. The van der Waals surface area contributed by atoms with Crippen LogP contribution < -0.4 is 5.32 Å². The molecular weight excluding hydrogens is 441 g/mol. The first kappa shape index (κ1) is 23.3. The number of hydrogen-bond donors (Lipinski definition) is 2. The molecule has 0 unspecified atom stereocenters. The van der Waals surface area contributed by atoms with Crippen molar-refractivity contribution in [2.24, 2.45) is 5.92 Å². The zero-order chi connectivity index (χ0) is 22.8. The predicted octanol–water partition coefficient (Wildman–Crippen LogP) is 4.40. The summed E-state index contributed by atoms with van der Waals surface area (Å²) in [4.78, 5) is 12.9. The quantitative estimate of drug-likeness (QED) is 0.573. The van der Waals surface area contributed by atoms with Crippen molar-refractivity contribution in [1.29, 1.82) is 0 Å². The standard InChI is InChI=1S/C21H20F5NO3S/c22-19(23)20(29,21(24,25)26)15-5-7-16(8-6-15)27-18(28)11-13-3-9-17(10-4-13)31(30)12-14-1-2-14/h3-10,14,19,29H,1-2,11-12H2,(H,27,28)/t20-,31+/m0/s1. The number of hydrogen-bond acceptors (Lipinski definition) is 3. The molecule has 0 spiro atoms. The van der Waals surface area contributed by atoms with Crippen LogP contribution in [0.2, 0.25) is 0 Å². The van der Waals surface area contributed by atoms with Crippen LogP contribution in [-0.4, -0.2) is 33.6 Å². The molecule has 2 aromatic rings. The lowest BCUT2D eigenvalue weighted by atomic mass is 9.93. The molecular formula is C21H20F5NO3S. The summed E-state index contributed by atoms with van der Waals surface area (Å²) in [5.41, 5.74) is -4.58. The van der Waals surface area contributed by atoms with Crippen molar-refractivity contribution in [2.45, 2.75) is 42.4 Å². The number of anilines is 1. The lowest BCUT2D eigenvalue weighted by molar-refractivity contribution is -0.305. The Bertz CT molecular complexity index is 943. The molecule has 2 N–H and O–H groups in total. The van der Waals surface area contributed by atoms with Crippen LogP contribution in [0.1, 0.15) is 24.0 Å². The van der Waals surface area contributed by atoms with E-state index >= 15 is 0 Å². The van der Waals surface area contributed by atoms with Gasteiger partial charge in [0.1, 0.15) is 0 Å². The number of carbonyl (C=O) groups is 1. The highest BCUT2D eigenvalue weighted by Gasteiger charge is 2.61. The molecule has 1 aliphatic rings. The molecule has 4 nitrogen and oxygen atoms in total. The van der Waals surface area contributed by atoms with Gasteiger partial charge in [0.25, 0.3) is 6.43 Å². The number of alkyl halides is 5. The van der Waals surface area contributed by atoms with E-state index in [0.717, 1.165) is 25.0 Å². The highest BCUT2D eigenvalue weighted by molar-refractivity contribution is 7.85. The van der Waals surface area contributed by atoms with Crippen LogP contribution in [0.4, 0.5) is 27.6 Å². The van der Waals surface area contributed by atoms with E-state index in [1.54, 1.807) is 24.3 Å². The molecule has 1 saturated carbocycles. The molecule has 0 saturated heterocycles. The third kappa shape index (κ3) is 5.48. The number of halogens is 5. The largest absolute Gasteiger partial charge is 0.427 e. The van der Waals surface area contributed by atoms with Gasteiger partial charge in [0.2, 0.25) is 11.5 Å². The molecule has 0 aliphatic heterocycles. The molecule has 1 fully saturated rings. The summed E-state index contributed by atoms with van der Waals surface area (Å²) in [6.45, 7) is 0. The van der Waals surface area contributed by atoms with Crippen LogP contribution in [0.15, 0.2) is 53.4 Å². The molecule has 1 amide bonds. The van der Waals surface area contributed by atoms with E-state index in [0.29, 0.717) is 34.3 Å². The van der Waals surface area contributed by atoms with E-state index in [1.807, 2.05) is 0 Å². The Morgan fingerprint density at radius 1 is 1.06 bits per heavy atom. The van der Waals surface area contributed by atoms with Crippen molar-refractivity contribution in [1.82, 2.24) is 0 Å². The Kier molecular flexibility index (Phi) is 6.80. The van der Waals surface area contributed by atoms with Gasteiger partial charge in [-0.25, -0.2) is 8.78 Å². The number of rotatable bonds is 8. The zero-order valence-electron chi connectivity index (χ0n) is 16.2. The second-order valence-electron chi connectivity index (χ2n) is 7.47. The van der Waals surface area contributed by atoms with Crippen molar-refractivity contribution in [3.05, 3.63) is 59.7 Å². The topological polar surface area (TPSA) is 66.4 Å². The lowest BCUT2D eigenvalue weighted by Gasteiger charge is -2.30. The molecule has 168 valence electrons. The summed E-state index contributed by atoms with van der Waals surface area (Å²) < 4.78 is 76.7. The third-order valence-corrected chi connectivity index (χ3v) is 6.56. The highest BCUT2D eigenvalue weighted by Crippen LogP contribution is 2.43. The smallest absolute Gasteiger partial charge is 0.372 e. The average Bonchev–Trinajstić information content (AvgIpc) is 3.51. The maximum atomic E-state index is 12.9. The monoisotopic (exact) mass is 461 g/mol. The second-order valence-corrected chi connectivity index (χ2v) is 8.96. The molecule has 2 atom stereocenters. The van der Waals surface area contributed by atoms with Crippen molar-refractivity contribution in [3.8, 4) is 0 Å². The van der Waals surface area contributed by atoms with Crippen LogP contribution in [0.3, 0.4) is 0 Å². The van der Waals surface area contributed by atoms with Gasteiger partial charge in [-0.15, -0.1) is 0 Å². The number of benzene rings is 2. The Morgan fingerprint density at radius 2 is 1.65 bits per heavy atom. The van der Waals surface area contributed by atoms with Crippen molar-refractivity contribution in [3.63, 3.8) is 0 Å². The Hall–Kier alpha value is -2.33. The van der Waals surface area contributed by atoms with E-state index < -0.39 is 40.5 Å². The molecule has 0 heterocycles. The minimum absolute atomic E-state index is 0.0409. The number of carbonyl (C=O) groups excluding carboxylic acids is 1. The fraction of sp³-hybridized carbons (Fsp3) is 0.381. The first-order valence-corrected chi connectivity index (χ1v) is 10.8. The van der Waals surface area contributed by atoms with Crippen LogP contribution in [0.5, 0.6) is 0 Å². The van der Waals surface area contributed by atoms with Gasteiger partial charge in [0, 0.05) is 16.3 Å². The molecule has 0 radical (unpaired) electrons. The van der Waals surface area contributed by atoms with E-state index in [2.05, 4.69) is 5.32 Å². The van der Waals surface area contributed by atoms with Gasteiger partial charge in [0.15, 0.2) is 0 Å². The minimum Gasteiger partial charge on any atom is -0.372 e. The average molecular weight is 461 g/mol. The van der Waals surface area contributed by atoms with Gasteiger partial charge >= 0.3 is 6.18 Å². The molecule has 0 bridgehead atoms. The number of nitrogens with one attached hydrogen (secondary N) is 1. The summed E-state index contributed by atoms with van der Waals surface area (Å²) in [6.07, 6.45) is -7.48. The lowest BCUT2D eigenvalue weighted by Crippen LogP contribution is -2.48. The van der Waals surface area contributed by atoms with Crippen LogP contribution in [-0.2, 0) is 27.6 Å². The van der Waals surface area contributed by atoms with Crippen molar-refractivity contribution >= 4 is 22.4 Å². The van der Waals surface area contributed by atoms with E-state index in [4.69, 9.17) is 0 Å². The number of amides is 1. The minimum atomic E-state index is -5.57. The maximum Gasteiger partial charge on any atom is 0.427 e. The molecule has 10 heteroatoms. The van der Waals surface area contributed by atoms with Gasteiger partial charge < -0.3 is 10.4 Å². The zero-order valence-corrected chi connectivity index (χ0v) is 17.0. The first-order valence-electron chi connectivity index (χ1n) is 9.45. The summed E-state index contributed by atoms with van der Waals surface area (Å²) in [5.74, 6) is 0.676. The highest BCUT2D eigenvalue weighted by atomic mass is 32.2.